The van der Waals surface area contributed by atoms with Gasteiger partial charge in [0.05, 0.1) is 29.5 Å². The summed E-state index contributed by atoms with van der Waals surface area (Å²) in [5, 5.41) is 18.1. The number of amides is 2. The molecule has 0 radical (unpaired) electrons. The lowest BCUT2D eigenvalue weighted by Gasteiger charge is -2.27. The van der Waals surface area contributed by atoms with Crippen LogP contribution in [0.4, 0.5) is 30.5 Å². The minimum absolute atomic E-state index is 0.0167. The fourth-order valence-electron chi connectivity index (χ4n) is 4.06. The predicted octanol–water partition coefficient (Wildman–Crippen LogP) is 2.99. The highest BCUT2D eigenvalue weighted by molar-refractivity contribution is 5.98. The van der Waals surface area contributed by atoms with E-state index in [1.165, 1.54) is 13.2 Å². The molecule has 0 bridgehead atoms. The molecule has 13 heteroatoms. The van der Waals surface area contributed by atoms with Gasteiger partial charge in [-0.1, -0.05) is 6.92 Å². The Balaban J connectivity index is 1.95. The molecule has 0 unspecified atom stereocenters. The second-order valence-corrected chi connectivity index (χ2v) is 8.72. The van der Waals surface area contributed by atoms with Crippen LogP contribution in [0.15, 0.2) is 18.2 Å². The van der Waals surface area contributed by atoms with Gasteiger partial charge in [-0.15, -0.1) is 0 Å². The average molecular weight is 525 g/mol. The largest absolute Gasteiger partial charge is 0.417 e. The molecule has 37 heavy (non-hydrogen) atoms. The lowest BCUT2D eigenvalue weighted by molar-refractivity contribution is -0.137. The number of anilines is 3. The van der Waals surface area contributed by atoms with Crippen LogP contribution in [0, 0.1) is 0 Å². The van der Waals surface area contributed by atoms with Gasteiger partial charge in [-0.25, -0.2) is 9.97 Å². The van der Waals surface area contributed by atoms with Crippen LogP contribution in [0.1, 0.15) is 64.7 Å². The highest BCUT2D eigenvalue weighted by Gasteiger charge is 2.35. The number of aromatic nitrogens is 2. The van der Waals surface area contributed by atoms with Crippen LogP contribution in [0.3, 0.4) is 0 Å². The summed E-state index contributed by atoms with van der Waals surface area (Å²) in [4.78, 5) is 33.2. The fraction of sp³-hybridized carbons (Fsp3) is 0.500. The van der Waals surface area contributed by atoms with Gasteiger partial charge >= 0.3 is 6.18 Å². The molecule has 10 nitrogen and oxygen atoms in total. The van der Waals surface area contributed by atoms with Crippen LogP contribution in [0.2, 0.25) is 0 Å². The maximum Gasteiger partial charge on any atom is 0.417 e. The van der Waals surface area contributed by atoms with Gasteiger partial charge in [0, 0.05) is 25.4 Å². The van der Waals surface area contributed by atoms with E-state index in [1.54, 1.807) is 0 Å². The van der Waals surface area contributed by atoms with Crippen molar-refractivity contribution >= 4 is 29.1 Å². The number of nitrogens with zero attached hydrogens (tertiary/aromatic N) is 2. The number of carbonyl (C=O) groups excluding carboxylic acids is 2. The summed E-state index contributed by atoms with van der Waals surface area (Å²) in [5.74, 6) is -1.54. The lowest BCUT2D eigenvalue weighted by atomic mass is 9.93. The van der Waals surface area contributed by atoms with Gasteiger partial charge in [-0.3, -0.25) is 9.59 Å². The fourth-order valence-corrected chi connectivity index (χ4v) is 4.06. The first-order valence-corrected chi connectivity index (χ1v) is 11.9. The number of aliphatic hydroxyl groups excluding tert-OH is 1. The van der Waals surface area contributed by atoms with E-state index in [-0.39, 0.29) is 42.5 Å². The number of ether oxygens (including phenoxy) is 1. The second kappa shape index (κ2) is 12.2. The van der Waals surface area contributed by atoms with Gasteiger partial charge in [-0.05, 0) is 50.3 Å². The van der Waals surface area contributed by atoms with Crippen molar-refractivity contribution in [3.63, 3.8) is 0 Å². The minimum Gasteiger partial charge on any atom is -0.393 e. The number of alkyl halides is 3. The molecule has 1 aliphatic rings. The number of benzene rings is 1. The molecule has 202 valence electrons. The Hall–Kier alpha value is -3.45. The molecule has 0 atom stereocenters. The van der Waals surface area contributed by atoms with Crippen molar-refractivity contribution in [3.8, 4) is 0 Å². The van der Waals surface area contributed by atoms with E-state index < -0.39 is 29.1 Å². The van der Waals surface area contributed by atoms with Crippen LogP contribution in [-0.2, 0) is 17.3 Å². The Bertz CT molecular complexity index is 1120. The topological polar surface area (TPSA) is 151 Å². The predicted molar refractivity (Wildman–Crippen MR) is 131 cm³/mol. The molecule has 1 aromatic heterocycles. The molecule has 1 saturated carbocycles. The number of aliphatic hydroxyl groups is 1. The van der Waals surface area contributed by atoms with E-state index in [0.29, 0.717) is 43.6 Å². The third-order valence-electron chi connectivity index (χ3n) is 6.00. The van der Waals surface area contributed by atoms with Crippen LogP contribution in [-0.4, -0.2) is 59.3 Å². The number of halogens is 3. The first kappa shape index (κ1) is 28.1. The number of carbonyl (C=O) groups is 2. The average Bonchev–Trinajstić information content (AvgIpc) is 2.85. The molecule has 0 spiro atoms. The number of aryl methyl sites for hydroxylation is 1. The SMILES string of the molecule is CCc1nc(C(N)=O)c(Nc2ccc(C(=O)NCCOC)c(C(F)(F)F)c2)nc1NC1CCC(O)CC1. The Morgan fingerprint density at radius 3 is 2.46 bits per heavy atom. The molecule has 0 aliphatic heterocycles. The molecule has 1 fully saturated rings. The van der Waals surface area contributed by atoms with Crippen LogP contribution in [0.5, 0.6) is 0 Å². The highest BCUT2D eigenvalue weighted by atomic mass is 19.4. The summed E-state index contributed by atoms with van der Waals surface area (Å²) >= 11 is 0. The van der Waals surface area contributed by atoms with E-state index in [9.17, 15) is 27.9 Å². The molecule has 2 aromatic rings. The van der Waals surface area contributed by atoms with Crippen molar-refractivity contribution in [2.75, 3.05) is 30.9 Å². The third kappa shape index (κ3) is 7.29. The molecule has 3 rings (SSSR count). The maximum atomic E-state index is 13.8. The number of hydrogen-bond donors (Lipinski definition) is 5. The summed E-state index contributed by atoms with van der Waals surface area (Å²) < 4.78 is 46.2. The number of rotatable bonds is 10. The lowest BCUT2D eigenvalue weighted by Crippen LogP contribution is -2.30. The quantitative estimate of drug-likeness (QED) is 0.298. The van der Waals surface area contributed by atoms with Gasteiger partial charge < -0.3 is 31.5 Å². The molecule has 0 saturated heterocycles. The molecule has 1 aromatic carbocycles. The van der Waals surface area contributed by atoms with Crippen molar-refractivity contribution in [1.29, 1.82) is 0 Å². The maximum absolute atomic E-state index is 13.8. The van der Waals surface area contributed by atoms with E-state index in [4.69, 9.17) is 10.5 Å². The number of nitrogens with two attached hydrogens (primary N) is 1. The van der Waals surface area contributed by atoms with E-state index in [2.05, 4.69) is 25.9 Å². The van der Waals surface area contributed by atoms with Gasteiger partial charge in [0.15, 0.2) is 11.5 Å². The summed E-state index contributed by atoms with van der Waals surface area (Å²) in [6.07, 6.45) is -2.09. The Morgan fingerprint density at radius 1 is 1.16 bits per heavy atom. The summed E-state index contributed by atoms with van der Waals surface area (Å²) in [5.41, 5.74) is 3.96. The zero-order valence-electron chi connectivity index (χ0n) is 20.6. The first-order chi connectivity index (χ1) is 17.5. The van der Waals surface area contributed by atoms with Crippen molar-refractivity contribution in [2.24, 2.45) is 5.73 Å². The van der Waals surface area contributed by atoms with Crippen LogP contribution in [0.25, 0.3) is 0 Å². The highest BCUT2D eigenvalue weighted by Crippen LogP contribution is 2.35. The Labute approximate surface area is 212 Å². The molecule has 2 amide bonds. The Morgan fingerprint density at radius 2 is 1.86 bits per heavy atom. The Kier molecular flexibility index (Phi) is 9.27. The van der Waals surface area contributed by atoms with E-state index >= 15 is 0 Å². The van der Waals surface area contributed by atoms with Crippen LogP contribution >= 0.6 is 0 Å². The minimum atomic E-state index is -4.83. The molecule has 6 N–H and O–H groups in total. The van der Waals surface area contributed by atoms with E-state index in [0.717, 1.165) is 12.1 Å². The van der Waals surface area contributed by atoms with Crippen LogP contribution < -0.4 is 21.7 Å². The van der Waals surface area contributed by atoms with Crippen molar-refractivity contribution < 1.29 is 32.6 Å². The summed E-state index contributed by atoms with van der Waals surface area (Å²) in [6, 6.07) is 3.09. The number of hydrogen-bond acceptors (Lipinski definition) is 8. The van der Waals surface area contributed by atoms with Gasteiger partial charge in [0.25, 0.3) is 11.8 Å². The first-order valence-electron chi connectivity index (χ1n) is 11.9. The number of primary amides is 1. The zero-order chi connectivity index (χ0) is 27.2. The number of methoxy groups -OCH3 is 1. The molecule has 1 heterocycles. The third-order valence-corrected chi connectivity index (χ3v) is 6.00. The monoisotopic (exact) mass is 524 g/mol. The normalized spacial score (nSPS) is 17.8. The number of nitrogens with one attached hydrogen (secondary N) is 3. The van der Waals surface area contributed by atoms with Gasteiger partial charge in [0.2, 0.25) is 0 Å². The van der Waals surface area contributed by atoms with Crippen molar-refractivity contribution in [3.05, 3.63) is 40.7 Å². The summed E-state index contributed by atoms with van der Waals surface area (Å²) in [6.45, 7) is 2.01. The van der Waals surface area contributed by atoms with E-state index in [1.807, 2.05) is 6.92 Å². The molecular formula is C24H31F3N6O4. The smallest absolute Gasteiger partial charge is 0.393 e. The van der Waals surface area contributed by atoms with Gasteiger partial charge in [0.1, 0.15) is 5.82 Å². The van der Waals surface area contributed by atoms with Gasteiger partial charge in [-0.2, -0.15) is 13.2 Å². The summed E-state index contributed by atoms with van der Waals surface area (Å²) in [7, 11) is 1.41. The second-order valence-electron chi connectivity index (χ2n) is 8.72. The van der Waals surface area contributed by atoms with Crippen molar-refractivity contribution in [1.82, 2.24) is 15.3 Å². The molecular weight excluding hydrogens is 493 g/mol. The standard InChI is InChI=1S/C24H31F3N6O4/c1-3-18-21(30-13-4-7-15(34)8-5-13)33-22(19(32-18)20(28)35)31-14-6-9-16(17(12-14)24(25,26)27)23(36)29-10-11-37-2/h6,9,12-13,15,34H,3-5,7-8,10-11H2,1-2H3,(H2,28,35)(H,29,36)(H2,30,31,33). The zero-order valence-corrected chi connectivity index (χ0v) is 20.6. The van der Waals surface area contributed by atoms with Crippen molar-refractivity contribution in [2.45, 2.75) is 57.3 Å². The molecule has 1 aliphatic carbocycles.